The summed E-state index contributed by atoms with van der Waals surface area (Å²) in [5.41, 5.74) is 4.11. The van der Waals surface area contributed by atoms with E-state index in [0.717, 1.165) is 21.8 Å². The number of thiazole rings is 1. The van der Waals surface area contributed by atoms with Crippen molar-refractivity contribution in [2.24, 2.45) is 0 Å². The Morgan fingerprint density at radius 3 is 2.55 bits per heavy atom. The Balaban J connectivity index is 1.60. The summed E-state index contributed by atoms with van der Waals surface area (Å²) in [6.07, 6.45) is 0. The molecule has 1 aromatic heterocycles. The second kappa shape index (κ2) is 7.25. The Morgan fingerprint density at radius 2 is 1.83 bits per heavy atom. The molecule has 2 aromatic carbocycles. The fourth-order valence-electron chi connectivity index (χ4n) is 3.34. The lowest BCUT2D eigenvalue weighted by molar-refractivity contribution is 0.0923. The highest BCUT2D eigenvalue weighted by Crippen LogP contribution is 2.32. The maximum absolute atomic E-state index is 13.0. The van der Waals surface area contributed by atoms with Crippen molar-refractivity contribution >= 4 is 34.7 Å². The average Bonchev–Trinajstić information content (AvgIpc) is 3.23. The molecule has 1 aliphatic heterocycles. The monoisotopic (exact) mass is 405 g/mol. The van der Waals surface area contributed by atoms with Gasteiger partial charge < -0.3 is 5.32 Å². The summed E-state index contributed by atoms with van der Waals surface area (Å²) in [6.45, 7) is 6.03. The number of hydrogen-bond acceptors (Lipinski definition) is 5. The van der Waals surface area contributed by atoms with Crippen LogP contribution >= 0.6 is 11.3 Å². The number of anilines is 1. The zero-order valence-electron chi connectivity index (χ0n) is 16.3. The first-order chi connectivity index (χ1) is 13.9. The largest absolute Gasteiger partial charge is 0.346 e. The van der Waals surface area contributed by atoms with Gasteiger partial charge in [-0.3, -0.25) is 14.4 Å². The molecule has 0 unspecified atom stereocenters. The molecule has 146 valence electrons. The van der Waals surface area contributed by atoms with Crippen LogP contribution in [0.2, 0.25) is 0 Å². The van der Waals surface area contributed by atoms with Crippen molar-refractivity contribution < 1.29 is 14.4 Å². The SMILES string of the molecule is Cc1nc(CNC(=O)c2ccc3c(c2)C(=O)N(c2cccc(C)c2C)C3=O)cs1. The molecule has 0 radical (unpaired) electrons. The Labute approximate surface area is 172 Å². The van der Waals surface area contributed by atoms with Crippen molar-refractivity contribution in [1.82, 2.24) is 10.3 Å². The highest BCUT2D eigenvalue weighted by molar-refractivity contribution is 7.09. The molecule has 3 aromatic rings. The van der Waals surface area contributed by atoms with Gasteiger partial charge in [-0.2, -0.15) is 0 Å². The molecule has 0 aliphatic carbocycles. The van der Waals surface area contributed by atoms with E-state index < -0.39 is 5.91 Å². The molecule has 0 spiro atoms. The van der Waals surface area contributed by atoms with Crippen LogP contribution in [0, 0.1) is 20.8 Å². The lowest BCUT2D eigenvalue weighted by Gasteiger charge is -2.17. The number of fused-ring (bicyclic) bond motifs is 1. The van der Waals surface area contributed by atoms with Gasteiger partial charge in [0, 0.05) is 10.9 Å². The van der Waals surface area contributed by atoms with Crippen LogP contribution in [0.3, 0.4) is 0 Å². The minimum atomic E-state index is -0.413. The number of hydrogen-bond donors (Lipinski definition) is 1. The lowest BCUT2D eigenvalue weighted by Crippen LogP contribution is -2.30. The fourth-order valence-corrected chi connectivity index (χ4v) is 3.95. The van der Waals surface area contributed by atoms with Crippen molar-refractivity contribution in [2.75, 3.05) is 4.90 Å². The quantitative estimate of drug-likeness (QED) is 0.670. The summed E-state index contributed by atoms with van der Waals surface area (Å²) in [7, 11) is 0. The summed E-state index contributed by atoms with van der Waals surface area (Å²) in [5.74, 6) is -1.10. The van der Waals surface area contributed by atoms with Crippen LogP contribution in [0.25, 0.3) is 0 Å². The number of carbonyl (C=O) groups excluding carboxylic acids is 3. The minimum Gasteiger partial charge on any atom is -0.346 e. The lowest BCUT2D eigenvalue weighted by atomic mass is 10.1. The molecule has 1 N–H and O–H groups in total. The first-order valence-corrected chi connectivity index (χ1v) is 10.0. The van der Waals surface area contributed by atoms with Crippen LogP contribution in [0.15, 0.2) is 41.8 Å². The van der Waals surface area contributed by atoms with Gasteiger partial charge in [0.05, 0.1) is 34.1 Å². The first kappa shape index (κ1) is 19.0. The predicted octanol–water partition coefficient (Wildman–Crippen LogP) is 3.80. The normalized spacial score (nSPS) is 13.0. The molecule has 0 atom stereocenters. The van der Waals surface area contributed by atoms with Crippen LogP contribution in [-0.2, 0) is 6.54 Å². The number of imide groups is 1. The van der Waals surface area contributed by atoms with Crippen molar-refractivity contribution in [1.29, 1.82) is 0 Å². The molecule has 4 rings (SSSR count). The van der Waals surface area contributed by atoms with E-state index in [0.29, 0.717) is 23.4 Å². The van der Waals surface area contributed by atoms with E-state index in [1.807, 2.05) is 38.3 Å². The number of aromatic nitrogens is 1. The molecule has 0 bridgehead atoms. The van der Waals surface area contributed by atoms with Crippen molar-refractivity contribution in [2.45, 2.75) is 27.3 Å². The Kier molecular flexibility index (Phi) is 4.76. The minimum absolute atomic E-state index is 0.244. The molecule has 0 saturated heterocycles. The van der Waals surface area contributed by atoms with Crippen molar-refractivity contribution in [3.8, 4) is 0 Å². The van der Waals surface area contributed by atoms with E-state index in [1.54, 1.807) is 18.2 Å². The molecule has 2 heterocycles. The number of amides is 3. The van der Waals surface area contributed by atoms with E-state index in [4.69, 9.17) is 0 Å². The second-order valence-electron chi connectivity index (χ2n) is 6.97. The Hall–Kier alpha value is -3.32. The van der Waals surface area contributed by atoms with Gasteiger partial charge in [-0.15, -0.1) is 11.3 Å². The molecule has 0 fully saturated rings. The summed E-state index contributed by atoms with van der Waals surface area (Å²) in [4.78, 5) is 43.9. The van der Waals surface area contributed by atoms with Gasteiger partial charge in [0.25, 0.3) is 17.7 Å². The standard InChI is InChI=1S/C22H19N3O3S/c1-12-5-4-6-19(13(12)2)25-21(27)17-8-7-15(9-18(17)22(25)28)20(26)23-10-16-11-29-14(3)24-16/h4-9,11H,10H2,1-3H3,(H,23,26). The third kappa shape index (κ3) is 3.34. The first-order valence-electron chi connectivity index (χ1n) is 9.15. The van der Waals surface area contributed by atoms with E-state index in [9.17, 15) is 14.4 Å². The molecular weight excluding hydrogens is 386 g/mol. The third-order valence-corrected chi connectivity index (χ3v) is 5.88. The van der Waals surface area contributed by atoms with Crippen LogP contribution in [-0.4, -0.2) is 22.7 Å². The maximum atomic E-state index is 13.0. The van der Waals surface area contributed by atoms with Gasteiger partial charge in [-0.05, 0) is 56.2 Å². The summed E-state index contributed by atoms with van der Waals surface area (Å²) in [6, 6.07) is 10.1. The summed E-state index contributed by atoms with van der Waals surface area (Å²) >= 11 is 1.52. The number of rotatable bonds is 4. The second-order valence-corrected chi connectivity index (χ2v) is 8.03. The number of nitrogens with one attached hydrogen (secondary N) is 1. The smallest absolute Gasteiger partial charge is 0.266 e. The van der Waals surface area contributed by atoms with Crippen LogP contribution < -0.4 is 10.2 Å². The zero-order chi connectivity index (χ0) is 20.7. The molecule has 3 amide bonds. The summed E-state index contributed by atoms with van der Waals surface area (Å²) < 4.78 is 0. The van der Waals surface area contributed by atoms with Gasteiger partial charge in [-0.1, -0.05) is 12.1 Å². The van der Waals surface area contributed by atoms with Crippen LogP contribution in [0.1, 0.15) is 52.9 Å². The van der Waals surface area contributed by atoms with Crippen LogP contribution in [0.5, 0.6) is 0 Å². The van der Waals surface area contributed by atoms with E-state index in [1.165, 1.54) is 22.3 Å². The third-order valence-electron chi connectivity index (χ3n) is 5.06. The number of nitrogens with zero attached hydrogens (tertiary/aromatic N) is 2. The van der Waals surface area contributed by atoms with Gasteiger partial charge in [0.2, 0.25) is 0 Å². The number of aryl methyl sites for hydroxylation is 2. The fraction of sp³-hybridized carbons (Fsp3) is 0.182. The summed E-state index contributed by atoms with van der Waals surface area (Å²) in [5, 5.41) is 5.62. The van der Waals surface area contributed by atoms with Crippen molar-refractivity contribution in [3.05, 3.63) is 80.3 Å². The Bertz CT molecular complexity index is 1170. The number of carbonyl (C=O) groups is 3. The van der Waals surface area contributed by atoms with E-state index in [-0.39, 0.29) is 17.4 Å². The predicted molar refractivity (Wildman–Crippen MR) is 112 cm³/mol. The van der Waals surface area contributed by atoms with Gasteiger partial charge in [-0.25, -0.2) is 9.88 Å². The van der Waals surface area contributed by atoms with Gasteiger partial charge in [0.1, 0.15) is 0 Å². The molecule has 6 nitrogen and oxygen atoms in total. The molecular formula is C22H19N3O3S. The topological polar surface area (TPSA) is 79.4 Å². The maximum Gasteiger partial charge on any atom is 0.266 e. The number of benzene rings is 2. The van der Waals surface area contributed by atoms with Crippen molar-refractivity contribution in [3.63, 3.8) is 0 Å². The van der Waals surface area contributed by atoms with Gasteiger partial charge >= 0.3 is 0 Å². The average molecular weight is 405 g/mol. The Morgan fingerprint density at radius 1 is 1.07 bits per heavy atom. The molecule has 0 saturated carbocycles. The van der Waals surface area contributed by atoms with Crippen LogP contribution in [0.4, 0.5) is 5.69 Å². The zero-order valence-corrected chi connectivity index (χ0v) is 17.1. The van der Waals surface area contributed by atoms with E-state index >= 15 is 0 Å². The van der Waals surface area contributed by atoms with Gasteiger partial charge in [0.15, 0.2) is 0 Å². The molecule has 29 heavy (non-hydrogen) atoms. The highest BCUT2D eigenvalue weighted by Gasteiger charge is 2.37. The molecule has 1 aliphatic rings. The molecule has 7 heteroatoms. The van der Waals surface area contributed by atoms with E-state index in [2.05, 4.69) is 10.3 Å². The highest BCUT2D eigenvalue weighted by atomic mass is 32.1.